The van der Waals surface area contributed by atoms with Gasteiger partial charge >= 0.3 is 66.7 Å². The average molecular weight is 395 g/mol. The monoisotopic (exact) mass is 395 g/mol. The molecule has 0 aromatic carbocycles. The number of nitrogens with two attached hydrogens (primary N) is 1. The first kappa shape index (κ1) is 23.4. The number of nitrogen functional groups attached to an aromatic ring is 1. The van der Waals surface area contributed by atoms with Crippen molar-refractivity contribution in [3.05, 3.63) is 12.2 Å². The van der Waals surface area contributed by atoms with Gasteiger partial charge in [0.05, 0.1) is 12.9 Å². The van der Waals surface area contributed by atoms with E-state index in [9.17, 15) is 14.8 Å². The van der Waals surface area contributed by atoms with Gasteiger partial charge < -0.3 is 43.0 Å². The number of aliphatic hydroxyl groups is 2. The number of hydrogen-bond donors (Lipinski definition) is 6. The fourth-order valence-corrected chi connectivity index (χ4v) is 2.58. The summed E-state index contributed by atoms with van der Waals surface area (Å²) >= 11 is 0. The van der Waals surface area contributed by atoms with E-state index in [0.717, 1.165) is 0 Å². The summed E-state index contributed by atoms with van der Waals surface area (Å²) in [7, 11) is -4.58. The number of anilines is 1. The maximum atomic E-state index is 11.1. The maximum Gasteiger partial charge on any atom is 1.00 e. The van der Waals surface area contributed by atoms with Gasteiger partial charge in [0.15, 0.2) is 23.6 Å². The van der Waals surface area contributed by atoms with E-state index in [0.29, 0.717) is 5.52 Å². The van der Waals surface area contributed by atoms with Gasteiger partial charge in [-0.05, 0) is 0 Å². The van der Waals surface area contributed by atoms with E-state index in [-0.39, 0.29) is 85.9 Å². The Morgan fingerprint density at radius 3 is 2.68 bits per heavy atom. The third kappa shape index (κ3) is 4.61. The third-order valence-electron chi connectivity index (χ3n) is 3.29. The molecule has 7 N–H and O–H groups in total. The molecule has 1 fully saturated rings. The molecule has 1 aliphatic heterocycles. The smallest absolute Gasteiger partial charge is 1.00 e. The maximum absolute atomic E-state index is 11.1. The molecule has 1 aliphatic rings. The van der Waals surface area contributed by atoms with Crippen molar-refractivity contribution >= 4 is 24.6 Å². The molecule has 12 nitrogen and oxygen atoms in total. The minimum Gasteiger partial charge on any atom is -1.00 e. The van der Waals surface area contributed by atoms with Gasteiger partial charge in [-0.2, -0.15) is 0 Å². The van der Waals surface area contributed by atoms with Crippen LogP contribution in [0.3, 0.4) is 0 Å². The molecule has 0 saturated carbocycles. The molecule has 2 aromatic rings. The molecule has 130 valence electrons. The Morgan fingerprint density at radius 2 is 2.12 bits per heavy atom. The largest absolute Gasteiger partial charge is 1.00 e. The van der Waals surface area contributed by atoms with Crippen LogP contribution in [0.1, 0.15) is 8.68 Å². The number of nitrogens with one attached hydrogen (secondary N) is 1. The number of hydrogen-bond acceptors (Lipinski definition) is 9. The quantitative estimate of drug-likeness (QED) is 0.212. The van der Waals surface area contributed by atoms with Crippen molar-refractivity contribution in [1.29, 1.82) is 0 Å². The molecule has 0 amide bonds. The number of ether oxygens (including phenoxy) is 2. The molecule has 1 saturated heterocycles. The molecule has 25 heavy (non-hydrogen) atoms. The van der Waals surface area contributed by atoms with Crippen LogP contribution in [0.15, 0.2) is 6.33 Å². The van der Waals surface area contributed by atoms with Crippen LogP contribution in [0.2, 0.25) is 0 Å². The van der Waals surface area contributed by atoms with Crippen molar-refractivity contribution in [2.45, 2.75) is 18.0 Å². The summed E-state index contributed by atoms with van der Waals surface area (Å²) < 4.78 is 21.4. The molecule has 0 spiro atoms. The molecular weight excluding hydrogens is 379 g/mol. The number of fused-ring (bicyclic) bond motifs is 1. The second-order valence-electron chi connectivity index (χ2n) is 4.96. The molecule has 3 heterocycles. The van der Waals surface area contributed by atoms with Gasteiger partial charge in [-0.25, -0.2) is 15.0 Å². The second kappa shape index (κ2) is 8.57. The van der Waals surface area contributed by atoms with E-state index in [2.05, 4.69) is 19.9 Å². The van der Waals surface area contributed by atoms with Crippen LogP contribution < -0.4 is 64.8 Å². The van der Waals surface area contributed by atoms with Gasteiger partial charge in [0, 0.05) is 0 Å². The zero-order valence-electron chi connectivity index (χ0n) is 15.5. The van der Waals surface area contributed by atoms with Crippen LogP contribution in [0.5, 0.6) is 0 Å². The Bertz CT molecular complexity index is 798. The Kier molecular flexibility index (Phi) is 8.01. The van der Waals surface area contributed by atoms with Gasteiger partial charge in [0.25, 0.3) is 5.79 Å². The van der Waals surface area contributed by atoms with Crippen LogP contribution in [0, 0.1) is 0 Å². The summed E-state index contributed by atoms with van der Waals surface area (Å²) in [6.07, 6.45) is -2.78. The number of H-pyrrole nitrogens is 1. The Balaban J connectivity index is 0. The summed E-state index contributed by atoms with van der Waals surface area (Å²) in [5.74, 6) is -2.49. The van der Waals surface area contributed by atoms with Crippen molar-refractivity contribution in [3.8, 4) is 0 Å². The minimum absolute atomic E-state index is 0. The van der Waals surface area contributed by atoms with E-state index < -0.39 is 31.9 Å². The first-order valence-corrected chi connectivity index (χ1v) is 8.18. The normalized spacial score (nSPS) is 26.2. The first-order chi connectivity index (χ1) is 10.7. The topological polar surface area (TPSA) is 197 Å². The zero-order valence-corrected chi connectivity index (χ0v) is 18.4. The molecule has 0 aliphatic carbocycles. The van der Waals surface area contributed by atoms with Gasteiger partial charge in [0.2, 0.25) is 0 Å². The van der Waals surface area contributed by atoms with E-state index in [1.165, 1.54) is 6.33 Å². The van der Waals surface area contributed by atoms with Gasteiger partial charge in [0.1, 0.15) is 17.7 Å². The van der Waals surface area contributed by atoms with Crippen molar-refractivity contribution < 1.29 is 96.0 Å². The van der Waals surface area contributed by atoms with E-state index in [1.807, 2.05) is 0 Å². The molecule has 0 unspecified atom stereocenters. The summed E-state index contributed by atoms with van der Waals surface area (Å²) in [5.41, 5.74) is 6.24. The van der Waals surface area contributed by atoms with E-state index >= 15 is 0 Å². The molecule has 0 bridgehead atoms. The third-order valence-corrected chi connectivity index (χ3v) is 3.76. The molecular formula is C10H16N5Na2O7P. The molecule has 2 aromatic heterocycles. The van der Waals surface area contributed by atoms with Crippen LogP contribution in [0.25, 0.3) is 11.2 Å². The predicted molar refractivity (Wildman–Crippen MR) is 76.0 cm³/mol. The van der Waals surface area contributed by atoms with Crippen LogP contribution in [-0.4, -0.2) is 65.1 Å². The van der Waals surface area contributed by atoms with E-state index in [4.69, 9.17) is 25.0 Å². The summed E-state index contributed by atoms with van der Waals surface area (Å²) in [6.45, 7) is -0.343. The van der Waals surface area contributed by atoms with Gasteiger partial charge in [-0.1, -0.05) is 0 Å². The summed E-state index contributed by atoms with van der Waals surface area (Å²) in [6, 6.07) is 0. The van der Waals surface area contributed by atoms with Crippen LogP contribution in [-0.2, 0) is 19.8 Å². The Labute approximate surface area is 188 Å². The molecule has 3 atom stereocenters. The molecule has 3 rings (SSSR count). The number of rotatable bonds is 4. The van der Waals surface area contributed by atoms with Crippen molar-refractivity contribution in [2.24, 2.45) is 0 Å². The average Bonchev–Trinajstić information content (AvgIpc) is 3.04. The number of aromatic amines is 1. The van der Waals surface area contributed by atoms with E-state index in [1.54, 1.807) is 0 Å². The van der Waals surface area contributed by atoms with Gasteiger partial charge in [-0.15, -0.1) is 0 Å². The predicted octanol–water partition coefficient (Wildman–Crippen LogP) is -7.78. The molecule has 15 heteroatoms. The Morgan fingerprint density at radius 1 is 1.44 bits per heavy atom. The van der Waals surface area contributed by atoms with Crippen molar-refractivity contribution in [2.75, 3.05) is 18.7 Å². The van der Waals surface area contributed by atoms with Crippen LogP contribution >= 0.6 is 7.60 Å². The number of nitrogens with zero attached hydrogens (tertiary/aromatic N) is 3. The Hall–Kier alpha value is 0.340. The van der Waals surface area contributed by atoms with Crippen LogP contribution in [0.4, 0.5) is 5.82 Å². The minimum atomic E-state index is -4.58. The fraction of sp³-hybridized carbons (Fsp3) is 0.500. The number of aromatic nitrogens is 4. The summed E-state index contributed by atoms with van der Waals surface area (Å²) in [4.78, 5) is 32.6. The molecule has 0 radical (unpaired) electrons. The standard InChI is InChI=1S/C10H14N5O7P.2Na.2H/c11-7-5-8(13-2-12-5)15-9(14-7)10(22-3-23(18,19)20)6(17)4(16)1-21-10;;;;/h2,4,6,16-17H,1,3H2,(H2,18,19,20)(H3,11,12,13,14,15);;;;/q;2*+1;2*-1/t4-,6-,10+;;;;/m1..../s1. The van der Waals surface area contributed by atoms with Crippen molar-refractivity contribution in [1.82, 2.24) is 19.9 Å². The SMILES string of the molecule is Nc1nc([C@]2(OCP(=O)(O)O)OC[C@@H](O)[C@H]2O)nc2nc[nH]c12.[H-].[H-].[Na+].[Na+]. The number of aliphatic hydroxyl groups excluding tert-OH is 2. The first-order valence-electron chi connectivity index (χ1n) is 6.38. The fourth-order valence-electron chi connectivity index (χ4n) is 2.22. The summed E-state index contributed by atoms with van der Waals surface area (Å²) in [5, 5.41) is 19.9. The number of imidazole rings is 1. The van der Waals surface area contributed by atoms with Gasteiger partial charge in [-0.3, -0.25) is 4.57 Å². The van der Waals surface area contributed by atoms with Crippen molar-refractivity contribution in [3.63, 3.8) is 0 Å². The zero-order chi connectivity index (χ0) is 16.8. The second-order valence-corrected chi connectivity index (χ2v) is 6.55.